The smallest absolute Gasteiger partial charge is 0.258 e. The van der Waals surface area contributed by atoms with Crippen molar-refractivity contribution in [3.05, 3.63) is 53.3 Å². The van der Waals surface area contributed by atoms with Crippen LogP contribution in [0.3, 0.4) is 0 Å². The van der Waals surface area contributed by atoms with Gasteiger partial charge in [-0.25, -0.2) is 9.37 Å². The van der Waals surface area contributed by atoms with Gasteiger partial charge in [-0.3, -0.25) is 4.79 Å². The zero-order chi connectivity index (χ0) is 14.1. The first-order chi connectivity index (χ1) is 9.63. The van der Waals surface area contributed by atoms with Crippen molar-refractivity contribution in [3.63, 3.8) is 0 Å². The average Bonchev–Trinajstić information content (AvgIpc) is 2.85. The standard InChI is InChI=1S/C14H10FN3OS/c15-11-5-8(16)1-3-10(11)14(19)18-9-2-4-12-13(6-9)20-7-17-12/h1-7H,16H2,(H,18,19). The Hall–Kier alpha value is -2.47. The maximum absolute atomic E-state index is 13.7. The summed E-state index contributed by atoms with van der Waals surface area (Å²) in [6.45, 7) is 0. The monoisotopic (exact) mass is 287 g/mol. The number of nitrogens with zero attached hydrogens (tertiary/aromatic N) is 1. The van der Waals surface area contributed by atoms with E-state index in [1.807, 2.05) is 0 Å². The summed E-state index contributed by atoms with van der Waals surface area (Å²) in [4.78, 5) is 16.2. The summed E-state index contributed by atoms with van der Waals surface area (Å²) in [6, 6.07) is 9.33. The predicted molar refractivity (Wildman–Crippen MR) is 78.4 cm³/mol. The van der Waals surface area contributed by atoms with Gasteiger partial charge in [-0.15, -0.1) is 11.3 Å². The van der Waals surface area contributed by atoms with Crippen LogP contribution in [0.2, 0.25) is 0 Å². The van der Waals surface area contributed by atoms with E-state index in [1.165, 1.54) is 23.5 Å². The average molecular weight is 287 g/mol. The largest absolute Gasteiger partial charge is 0.399 e. The molecule has 0 aliphatic carbocycles. The molecule has 0 aliphatic rings. The summed E-state index contributed by atoms with van der Waals surface area (Å²) in [7, 11) is 0. The van der Waals surface area contributed by atoms with Gasteiger partial charge in [0.2, 0.25) is 0 Å². The first kappa shape index (κ1) is 12.6. The molecular formula is C14H10FN3OS. The molecule has 0 aliphatic heterocycles. The molecule has 3 rings (SSSR count). The maximum Gasteiger partial charge on any atom is 0.258 e. The Morgan fingerprint density at radius 2 is 2.10 bits per heavy atom. The van der Waals surface area contributed by atoms with Crippen molar-refractivity contribution in [3.8, 4) is 0 Å². The van der Waals surface area contributed by atoms with E-state index < -0.39 is 11.7 Å². The number of carbonyl (C=O) groups excluding carboxylic acids is 1. The number of aromatic nitrogens is 1. The fourth-order valence-corrected chi connectivity index (χ4v) is 2.56. The summed E-state index contributed by atoms with van der Waals surface area (Å²) >= 11 is 1.48. The minimum absolute atomic E-state index is 0.0383. The van der Waals surface area contributed by atoms with Crippen molar-refractivity contribution >= 4 is 38.8 Å². The molecule has 0 radical (unpaired) electrons. The van der Waals surface area contributed by atoms with Crippen LogP contribution in [0.15, 0.2) is 41.9 Å². The first-order valence-corrected chi connectivity index (χ1v) is 6.71. The third-order valence-electron chi connectivity index (χ3n) is 2.83. The molecule has 0 spiro atoms. The van der Waals surface area contributed by atoms with Gasteiger partial charge in [0.15, 0.2) is 0 Å². The topological polar surface area (TPSA) is 68.0 Å². The molecule has 100 valence electrons. The first-order valence-electron chi connectivity index (χ1n) is 5.83. The molecule has 0 fully saturated rings. The van der Waals surface area contributed by atoms with Crippen LogP contribution >= 0.6 is 11.3 Å². The number of nitrogens with one attached hydrogen (secondary N) is 1. The number of halogens is 1. The van der Waals surface area contributed by atoms with Crippen LogP contribution in [-0.4, -0.2) is 10.9 Å². The predicted octanol–water partition coefficient (Wildman–Crippen LogP) is 3.27. The van der Waals surface area contributed by atoms with Gasteiger partial charge < -0.3 is 11.1 Å². The Morgan fingerprint density at radius 1 is 1.25 bits per heavy atom. The molecule has 6 heteroatoms. The molecule has 20 heavy (non-hydrogen) atoms. The van der Waals surface area contributed by atoms with Gasteiger partial charge in [-0.1, -0.05) is 0 Å². The highest BCUT2D eigenvalue weighted by Crippen LogP contribution is 2.22. The van der Waals surface area contributed by atoms with Crippen molar-refractivity contribution in [1.29, 1.82) is 0 Å². The quantitative estimate of drug-likeness (QED) is 0.711. The number of nitrogen functional groups attached to an aromatic ring is 1. The number of anilines is 2. The van der Waals surface area contributed by atoms with Crippen molar-refractivity contribution in [2.45, 2.75) is 0 Å². The summed E-state index contributed by atoms with van der Waals surface area (Å²) in [5.74, 6) is -1.15. The summed E-state index contributed by atoms with van der Waals surface area (Å²) in [5.41, 5.74) is 8.90. The van der Waals surface area contributed by atoms with Gasteiger partial charge in [-0.2, -0.15) is 0 Å². The zero-order valence-corrected chi connectivity index (χ0v) is 11.1. The van der Waals surface area contributed by atoms with Crippen LogP contribution in [0.5, 0.6) is 0 Å². The molecule has 3 aromatic rings. The number of thiazole rings is 1. The summed E-state index contributed by atoms with van der Waals surface area (Å²) in [6.07, 6.45) is 0. The highest BCUT2D eigenvalue weighted by Gasteiger charge is 2.12. The third kappa shape index (κ3) is 2.33. The van der Waals surface area contributed by atoms with Crippen molar-refractivity contribution in [2.75, 3.05) is 11.1 Å². The number of hydrogen-bond acceptors (Lipinski definition) is 4. The summed E-state index contributed by atoms with van der Waals surface area (Å²) < 4.78 is 14.6. The van der Waals surface area contributed by atoms with E-state index >= 15 is 0 Å². The second-order valence-corrected chi connectivity index (χ2v) is 5.11. The van der Waals surface area contributed by atoms with Crippen molar-refractivity contribution in [2.24, 2.45) is 0 Å². The van der Waals surface area contributed by atoms with Crippen LogP contribution in [0.25, 0.3) is 10.2 Å². The number of carbonyl (C=O) groups is 1. The lowest BCUT2D eigenvalue weighted by Gasteiger charge is -2.06. The molecule has 0 saturated heterocycles. The van der Waals surface area contributed by atoms with Crippen LogP contribution in [0.1, 0.15) is 10.4 Å². The van der Waals surface area contributed by atoms with Crippen LogP contribution in [0.4, 0.5) is 15.8 Å². The molecule has 3 N–H and O–H groups in total. The lowest BCUT2D eigenvalue weighted by molar-refractivity contribution is 0.102. The van der Waals surface area contributed by atoms with Crippen LogP contribution < -0.4 is 11.1 Å². The lowest BCUT2D eigenvalue weighted by Crippen LogP contribution is -2.13. The van der Waals surface area contributed by atoms with E-state index in [9.17, 15) is 9.18 Å². The Balaban J connectivity index is 1.87. The second kappa shape index (κ2) is 4.90. The highest BCUT2D eigenvalue weighted by atomic mass is 32.1. The van der Waals surface area contributed by atoms with E-state index in [4.69, 9.17) is 5.73 Å². The molecule has 2 aromatic carbocycles. The molecule has 0 saturated carbocycles. The van der Waals surface area contributed by atoms with Gasteiger partial charge in [0.1, 0.15) is 5.82 Å². The molecule has 0 unspecified atom stereocenters. The molecule has 0 bridgehead atoms. The van der Waals surface area contributed by atoms with Crippen molar-refractivity contribution < 1.29 is 9.18 Å². The van der Waals surface area contributed by atoms with E-state index in [2.05, 4.69) is 10.3 Å². The Kier molecular flexibility index (Phi) is 3.08. The fraction of sp³-hybridized carbons (Fsp3) is 0. The van der Waals surface area contributed by atoms with E-state index in [-0.39, 0.29) is 11.3 Å². The molecular weight excluding hydrogens is 277 g/mol. The number of amides is 1. The number of benzene rings is 2. The number of fused-ring (bicyclic) bond motifs is 1. The van der Waals surface area contributed by atoms with Gasteiger partial charge >= 0.3 is 0 Å². The van der Waals surface area contributed by atoms with E-state index in [0.29, 0.717) is 5.69 Å². The Bertz CT molecular complexity index is 800. The Labute approximate surface area is 118 Å². The second-order valence-electron chi connectivity index (χ2n) is 4.23. The van der Waals surface area contributed by atoms with E-state index in [1.54, 1.807) is 23.7 Å². The Morgan fingerprint density at radius 3 is 2.90 bits per heavy atom. The molecule has 1 aromatic heterocycles. The third-order valence-corrected chi connectivity index (χ3v) is 3.62. The van der Waals surface area contributed by atoms with Gasteiger partial charge in [0.05, 0.1) is 21.3 Å². The molecule has 0 atom stereocenters. The zero-order valence-electron chi connectivity index (χ0n) is 10.3. The summed E-state index contributed by atoms with van der Waals surface area (Å²) in [5, 5.41) is 2.66. The van der Waals surface area contributed by atoms with Crippen LogP contribution in [-0.2, 0) is 0 Å². The number of hydrogen-bond donors (Lipinski definition) is 2. The molecule has 4 nitrogen and oxygen atoms in total. The van der Waals surface area contributed by atoms with Gasteiger partial charge in [0.25, 0.3) is 5.91 Å². The molecule has 1 heterocycles. The number of nitrogens with two attached hydrogens (primary N) is 1. The van der Waals surface area contributed by atoms with E-state index in [0.717, 1.165) is 16.3 Å². The number of rotatable bonds is 2. The lowest BCUT2D eigenvalue weighted by atomic mass is 10.1. The molecule has 1 amide bonds. The minimum atomic E-state index is -0.638. The maximum atomic E-state index is 13.7. The van der Waals surface area contributed by atoms with Gasteiger partial charge in [0, 0.05) is 11.4 Å². The van der Waals surface area contributed by atoms with Crippen molar-refractivity contribution in [1.82, 2.24) is 4.98 Å². The normalized spacial score (nSPS) is 10.7. The SMILES string of the molecule is Nc1ccc(C(=O)Nc2ccc3ncsc3c2)c(F)c1. The minimum Gasteiger partial charge on any atom is -0.399 e. The van der Waals surface area contributed by atoms with Gasteiger partial charge in [-0.05, 0) is 36.4 Å². The highest BCUT2D eigenvalue weighted by molar-refractivity contribution is 7.16. The fourth-order valence-electron chi connectivity index (χ4n) is 1.85. The van der Waals surface area contributed by atoms with Crippen LogP contribution in [0, 0.1) is 5.82 Å².